The molecule has 16 heavy (non-hydrogen) atoms. The second kappa shape index (κ2) is 3.94. The maximum absolute atomic E-state index is 10.7. The molecule has 0 saturated heterocycles. The number of hydrogen-bond acceptors (Lipinski definition) is 3. The summed E-state index contributed by atoms with van der Waals surface area (Å²) in [5, 5.41) is 13.2. The molecule has 1 aromatic carbocycles. The molecular weight excluding hydrogens is 230 g/mol. The van der Waals surface area contributed by atoms with Crippen LogP contribution >= 0.6 is 11.6 Å². The monoisotopic (exact) mass is 237 g/mol. The molecule has 0 aliphatic carbocycles. The Bertz CT molecular complexity index is 551. The summed E-state index contributed by atoms with van der Waals surface area (Å²) in [7, 11) is 0. The van der Waals surface area contributed by atoms with Crippen LogP contribution in [0.4, 0.5) is 0 Å². The van der Waals surface area contributed by atoms with E-state index in [1.807, 2.05) is 0 Å². The van der Waals surface area contributed by atoms with Gasteiger partial charge in [-0.2, -0.15) is 0 Å². The van der Waals surface area contributed by atoms with Crippen molar-refractivity contribution < 1.29 is 9.90 Å². The van der Waals surface area contributed by atoms with Crippen LogP contribution in [0.2, 0.25) is 5.02 Å². The van der Waals surface area contributed by atoms with Crippen LogP contribution in [-0.4, -0.2) is 25.8 Å². The Kier molecular flexibility index (Phi) is 2.62. The highest BCUT2D eigenvalue weighted by Gasteiger charge is 2.13. The lowest BCUT2D eigenvalue weighted by molar-refractivity contribution is 0.0683. The third-order valence-corrected chi connectivity index (χ3v) is 2.25. The van der Waals surface area contributed by atoms with E-state index in [-0.39, 0.29) is 5.82 Å². The van der Waals surface area contributed by atoms with Crippen LogP contribution in [0.25, 0.3) is 5.69 Å². The van der Waals surface area contributed by atoms with E-state index in [1.165, 1.54) is 4.68 Å². The van der Waals surface area contributed by atoms with Crippen LogP contribution in [0.1, 0.15) is 16.4 Å². The highest BCUT2D eigenvalue weighted by atomic mass is 35.5. The average molecular weight is 238 g/mol. The maximum Gasteiger partial charge on any atom is 0.375 e. The van der Waals surface area contributed by atoms with Crippen molar-refractivity contribution in [2.75, 3.05) is 0 Å². The molecule has 2 aromatic rings. The summed E-state index contributed by atoms with van der Waals surface area (Å²) in [6, 6.07) is 6.96. The van der Waals surface area contributed by atoms with E-state index in [0.717, 1.165) is 0 Å². The van der Waals surface area contributed by atoms with Crippen LogP contribution in [-0.2, 0) is 0 Å². The number of carboxylic acid groups (broad SMARTS) is 1. The molecule has 1 N–H and O–H groups in total. The molecular formula is C10H8ClN3O2. The minimum absolute atomic E-state index is 0.225. The zero-order chi connectivity index (χ0) is 11.7. The summed E-state index contributed by atoms with van der Waals surface area (Å²) in [6.07, 6.45) is 0. The quantitative estimate of drug-likeness (QED) is 0.867. The summed E-state index contributed by atoms with van der Waals surface area (Å²) in [5.74, 6) is -0.874. The van der Waals surface area contributed by atoms with E-state index >= 15 is 0 Å². The van der Waals surface area contributed by atoms with Gasteiger partial charge in [-0.05, 0) is 25.1 Å². The van der Waals surface area contributed by atoms with Gasteiger partial charge < -0.3 is 5.11 Å². The first-order chi connectivity index (χ1) is 7.58. The van der Waals surface area contributed by atoms with Crippen LogP contribution in [0.5, 0.6) is 0 Å². The van der Waals surface area contributed by atoms with Crippen molar-refractivity contribution in [2.24, 2.45) is 0 Å². The summed E-state index contributed by atoms with van der Waals surface area (Å²) >= 11 is 5.84. The number of hydrogen-bond donors (Lipinski definition) is 1. The summed E-state index contributed by atoms with van der Waals surface area (Å²) < 4.78 is 1.44. The fourth-order valence-electron chi connectivity index (χ4n) is 1.33. The van der Waals surface area contributed by atoms with Gasteiger partial charge in [-0.1, -0.05) is 17.7 Å². The Morgan fingerprint density at radius 2 is 2.25 bits per heavy atom. The van der Waals surface area contributed by atoms with Crippen molar-refractivity contribution in [2.45, 2.75) is 6.92 Å². The van der Waals surface area contributed by atoms with Gasteiger partial charge in [0, 0.05) is 5.02 Å². The van der Waals surface area contributed by atoms with E-state index in [4.69, 9.17) is 16.7 Å². The number of carboxylic acids is 1. The summed E-state index contributed by atoms with van der Waals surface area (Å²) in [6.45, 7) is 1.68. The molecule has 0 fully saturated rings. The Hall–Kier alpha value is -1.88. The van der Waals surface area contributed by atoms with E-state index < -0.39 is 5.97 Å². The standard InChI is InChI=1S/C10H8ClN3O2/c1-6-12-9(10(15)16)13-14(6)8-4-2-3-7(11)5-8/h2-5H,1H3,(H,15,16). The minimum atomic E-state index is -1.15. The lowest BCUT2D eigenvalue weighted by Crippen LogP contribution is -2.02. The first kappa shape index (κ1) is 10.6. The smallest absolute Gasteiger partial charge is 0.375 e. The second-order valence-electron chi connectivity index (χ2n) is 3.18. The largest absolute Gasteiger partial charge is 0.475 e. The van der Waals surface area contributed by atoms with Gasteiger partial charge in [0.05, 0.1) is 5.69 Å². The molecule has 0 atom stereocenters. The molecule has 1 heterocycles. The number of aromatic carboxylic acids is 1. The number of nitrogens with zero attached hydrogens (tertiary/aromatic N) is 3. The lowest BCUT2D eigenvalue weighted by Gasteiger charge is -2.02. The number of halogens is 1. The molecule has 0 aliphatic rings. The Labute approximate surface area is 96.3 Å². The number of benzene rings is 1. The molecule has 82 valence electrons. The van der Waals surface area contributed by atoms with Gasteiger partial charge in [0.25, 0.3) is 5.82 Å². The van der Waals surface area contributed by atoms with Crippen LogP contribution < -0.4 is 0 Å². The minimum Gasteiger partial charge on any atom is -0.475 e. The normalized spacial score (nSPS) is 10.4. The summed E-state index contributed by atoms with van der Waals surface area (Å²) in [5.41, 5.74) is 0.685. The van der Waals surface area contributed by atoms with Gasteiger partial charge in [-0.25, -0.2) is 14.5 Å². The first-order valence-corrected chi connectivity index (χ1v) is 4.88. The maximum atomic E-state index is 10.7. The SMILES string of the molecule is Cc1nc(C(=O)O)nn1-c1cccc(Cl)c1. The predicted octanol–water partition coefficient (Wildman–Crippen LogP) is 1.93. The van der Waals surface area contributed by atoms with Crippen molar-refractivity contribution in [3.05, 3.63) is 40.9 Å². The van der Waals surface area contributed by atoms with Crippen molar-refractivity contribution in [1.82, 2.24) is 14.8 Å². The molecule has 1 aromatic heterocycles. The zero-order valence-electron chi connectivity index (χ0n) is 8.38. The average Bonchev–Trinajstić information content (AvgIpc) is 2.60. The van der Waals surface area contributed by atoms with Crippen LogP contribution in [0.3, 0.4) is 0 Å². The fourth-order valence-corrected chi connectivity index (χ4v) is 1.52. The highest BCUT2D eigenvalue weighted by molar-refractivity contribution is 6.30. The molecule has 0 amide bonds. The number of rotatable bonds is 2. The van der Waals surface area contributed by atoms with Crippen molar-refractivity contribution in [1.29, 1.82) is 0 Å². The van der Waals surface area contributed by atoms with Gasteiger partial charge >= 0.3 is 5.97 Å². The second-order valence-corrected chi connectivity index (χ2v) is 3.62. The molecule has 2 rings (SSSR count). The van der Waals surface area contributed by atoms with Crippen molar-refractivity contribution in [3.63, 3.8) is 0 Å². The first-order valence-electron chi connectivity index (χ1n) is 4.51. The Morgan fingerprint density at radius 3 is 2.81 bits per heavy atom. The van der Waals surface area contributed by atoms with E-state index in [2.05, 4.69) is 10.1 Å². The van der Waals surface area contributed by atoms with E-state index in [9.17, 15) is 4.79 Å². The number of aryl methyl sites for hydroxylation is 1. The third kappa shape index (κ3) is 1.90. The zero-order valence-corrected chi connectivity index (χ0v) is 9.14. The molecule has 0 spiro atoms. The van der Waals surface area contributed by atoms with Crippen LogP contribution in [0.15, 0.2) is 24.3 Å². The van der Waals surface area contributed by atoms with Gasteiger partial charge in [-0.15, -0.1) is 5.10 Å². The molecule has 0 aliphatic heterocycles. The van der Waals surface area contributed by atoms with Gasteiger partial charge in [0.1, 0.15) is 5.82 Å². The molecule has 5 nitrogen and oxygen atoms in total. The van der Waals surface area contributed by atoms with Gasteiger partial charge in [0.15, 0.2) is 0 Å². The number of carbonyl (C=O) groups is 1. The van der Waals surface area contributed by atoms with Crippen molar-refractivity contribution in [3.8, 4) is 5.69 Å². The Morgan fingerprint density at radius 1 is 1.50 bits per heavy atom. The van der Waals surface area contributed by atoms with E-state index in [1.54, 1.807) is 31.2 Å². The Balaban J connectivity index is 2.52. The van der Waals surface area contributed by atoms with Crippen LogP contribution in [0, 0.1) is 6.92 Å². The third-order valence-electron chi connectivity index (χ3n) is 2.01. The molecule has 6 heteroatoms. The predicted molar refractivity (Wildman–Crippen MR) is 58.1 cm³/mol. The van der Waals surface area contributed by atoms with Gasteiger partial charge in [0.2, 0.25) is 0 Å². The molecule has 0 radical (unpaired) electrons. The number of aromatic nitrogens is 3. The topological polar surface area (TPSA) is 68.0 Å². The molecule has 0 saturated carbocycles. The molecule has 0 bridgehead atoms. The van der Waals surface area contributed by atoms with E-state index in [0.29, 0.717) is 16.5 Å². The lowest BCUT2D eigenvalue weighted by atomic mass is 10.3. The van der Waals surface area contributed by atoms with Gasteiger partial charge in [-0.3, -0.25) is 0 Å². The molecule has 0 unspecified atom stereocenters. The van der Waals surface area contributed by atoms with Crippen molar-refractivity contribution >= 4 is 17.6 Å². The summed E-state index contributed by atoms with van der Waals surface area (Å²) in [4.78, 5) is 14.5. The highest BCUT2D eigenvalue weighted by Crippen LogP contribution is 2.15. The fraction of sp³-hybridized carbons (Fsp3) is 0.100.